The van der Waals surface area contributed by atoms with Crippen molar-refractivity contribution < 1.29 is 17.9 Å². The Kier molecular flexibility index (Phi) is 5.86. The van der Waals surface area contributed by atoms with Gasteiger partial charge in [-0.3, -0.25) is 9.59 Å². The number of nitrogens with zero attached hydrogens (tertiary/aromatic N) is 3. The average Bonchev–Trinajstić information content (AvgIpc) is 3.60. The molecule has 0 radical (unpaired) electrons. The lowest BCUT2D eigenvalue weighted by Crippen LogP contribution is -2.32. The van der Waals surface area contributed by atoms with E-state index in [9.17, 15) is 18.0 Å². The zero-order chi connectivity index (χ0) is 23.8. The third kappa shape index (κ3) is 4.42. The lowest BCUT2D eigenvalue weighted by atomic mass is 10.1. The highest BCUT2D eigenvalue weighted by Crippen LogP contribution is 2.46. The van der Waals surface area contributed by atoms with Gasteiger partial charge >= 0.3 is 0 Å². The van der Waals surface area contributed by atoms with Gasteiger partial charge < -0.3 is 14.6 Å². The Labute approximate surface area is 194 Å². The molecule has 1 N–H and O–H groups in total. The van der Waals surface area contributed by atoms with Crippen LogP contribution in [0.15, 0.2) is 47.4 Å². The molecule has 11 heteroatoms. The largest absolute Gasteiger partial charge is 0.474 e. The fourth-order valence-electron chi connectivity index (χ4n) is 3.44. The van der Waals surface area contributed by atoms with Crippen molar-refractivity contribution >= 4 is 36.5 Å². The molecular weight excluding hydrogens is 468 g/mol. The summed E-state index contributed by atoms with van der Waals surface area (Å²) < 4.78 is 29.4. The van der Waals surface area contributed by atoms with Crippen LogP contribution in [0, 0.1) is 11.3 Å². The molecule has 0 bridgehead atoms. The van der Waals surface area contributed by atoms with Crippen molar-refractivity contribution in [3.8, 4) is 11.9 Å². The molecule has 4 rings (SSSR count). The summed E-state index contributed by atoms with van der Waals surface area (Å²) in [7, 11) is 3.22. The van der Waals surface area contributed by atoms with Crippen molar-refractivity contribution in [1.29, 1.82) is 5.26 Å². The topological polar surface area (TPSA) is 131 Å². The molecule has 0 saturated heterocycles. The number of nitriles is 1. The van der Waals surface area contributed by atoms with E-state index in [1.807, 2.05) is 6.07 Å². The van der Waals surface area contributed by atoms with Gasteiger partial charge in [0, 0.05) is 35.9 Å². The minimum atomic E-state index is -3.80. The van der Waals surface area contributed by atoms with Crippen molar-refractivity contribution in [2.45, 2.75) is 24.1 Å². The summed E-state index contributed by atoms with van der Waals surface area (Å²) in [5.74, 6) is -0.463. The lowest BCUT2D eigenvalue weighted by molar-refractivity contribution is 0.0949. The number of amides is 1. The van der Waals surface area contributed by atoms with Crippen LogP contribution in [0.1, 0.15) is 34.3 Å². The Balaban J connectivity index is 1.58. The minimum absolute atomic E-state index is 0.0576. The molecule has 9 nitrogen and oxygen atoms in total. The monoisotopic (exact) mass is 486 g/mol. The van der Waals surface area contributed by atoms with Crippen molar-refractivity contribution in [3.05, 3.63) is 69.6 Å². The number of aromatic nitrogens is 2. The van der Waals surface area contributed by atoms with E-state index in [0.29, 0.717) is 29.3 Å². The highest BCUT2D eigenvalue weighted by molar-refractivity contribution is 8.15. The SMILES string of the molecule is Cn1c(=O)c(C(=O)NCc2ccc(C#N)cc2)cc2ccnc(OCC3(S(=O)(=O)Cl)CC3)c21. The smallest absolute Gasteiger partial charge is 0.263 e. The summed E-state index contributed by atoms with van der Waals surface area (Å²) >= 11 is 0. The number of aryl methyl sites for hydroxylation is 1. The number of hydrogen-bond donors (Lipinski definition) is 1. The summed E-state index contributed by atoms with van der Waals surface area (Å²) in [6, 6.07) is 11.8. The molecular formula is C22H19ClN4O5S. The maximum absolute atomic E-state index is 12.9. The molecule has 1 fully saturated rings. The van der Waals surface area contributed by atoms with Gasteiger partial charge in [0.25, 0.3) is 11.5 Å². The molecule has 0 aliphatic heterocycles. The van der Waals surface area contributed by atoms with Crippen LogP contribution < -0.4 is 15.6 Å². The van der Waals surface area contributed by atoms with Crippen molar-refractivity contribution in [2.24, 2.45) is 7.05 Å². The summed E-state index contributed by atoms with van der Waals surface area (Å²) in [5, 5.41) is 12.1. The molecule has 1 aliphatic rings. The first-order valence-corrected chi connectivity index (χ1v) is 12.3. The molecule has 3 aromatic rings. The first-order chi connectivity index (χ1) is 15.6. The molecule has 0 atom stereocenters. The normalized spacial score (nSPS) is 14.5. The molecule has 1 saturated carbocycles. The second kappa shape index (κ2) is 8.50. The van der Waals surface area contributed by atoms with Gasteiger partial charge in [-0.05, 0) is 42.7 Å². The average molecular weight is 487 g/mol. The van der Waals surface area contributed by atoms with Crippen molar-refractivity contribution in [1.82, 2.24) is 14.9 Å². The van der Waals surface area contributed by atoms with Gasteiger partial charge in [-0.2, -0.15) is 5.26 Å². The second-order valence-electron chi connectivity index (χ2n) is 7.88. The number of carbonyl (C=O) groups excluding carboxylic acids is 1. The van der Waals surface area contributed by atoms with E-state index in [-0.39, 0.29) is 24.6 Å². The van der Waals surface area contributed by atoms with Crippen LogP contribution in [0.5, 0.6) is 5.88 Å². The number of nitrogens with one attached hydrogen (secondary N) is 1. The third-order valence-electron chi connectivity index (χ3n) is 5.67. The van der Waals surface area contributed by atoms with Gasteiger partial charge in [-0.25, -0.2) is 13.4 Å². The molecule has 170 valence electrons. The summed E-state index contributed by atoms with van der Waals surface area (Å²) in [5.41, 5.74) is 1.02. The van der Waals surface area contributed by atoms with Crippen LogP contribution in [0.4, 0.5) is 0 Å². The predicted octanol–water partition coefficient (Wildman–Crippen LogP) is 2.22. The molecule has 33 heavy (non-hydrogen) atoms. The van der Waals surface area contributed by atoms with Gasteiger partial charge in [-0.1, -0.05) is 12.1 Å². The maximum Gasteiger partial charge on any atom is 0.263 e. The van der Waals surface area contributed by atoms with Gasteiger partial charge in [0.15, 0.2) is 0 Å². The third-order valence-corrected chi connectivity index (χ3v) is 8.21. The quantitative estimate of drug-likeness (QED) is 0.506. The molecule has 2 aromatic heterocycles. The predicted molar refractivity (Wildman–Crippen MR) is 122 cm³/mol. The molecule has 1 aromatic carbocycles. The lowest BCUT2D eigenvalue weighted by Gasteiger charge is -2.15. The Bertz CT molecular complexity index is 1460. The van der Waals surface area contributed by atoms with Crippen LogP contribution in [0.25, 0.3) is 10.9 Å². The van der Waals surface area contributed by atoms with E-state index in [4.69, 9.17) is 20.7 Å². The first kappa shape index (κ1) is 22.8. The van der Waals surface area contributed by atoms with Crippen molar-refractivity contribution in [3.63, 3.8) is 0 Å². The van der Waals surface area contributed by atoms with Gasteiger partial charge in [0.1, 0.15) is 22.4 Å². The van der Waals surface area contributed by atoms with Crippen LogP contribution >= 0.6 is 10.7 Å². The Morgan fingerprint density at radius 2 is 2.00 bits per heavy atom. The van der Waals surface area contributed by atoms with E-state index >= 15 is 0 Å². The Hall–Kier alpha value is -3.42. The molecule has 0 spiro atoms. The summed E-state index contributed by atoms with van der Waals surface area (Å²) in [4.78, 5) is 29.8. The van der Waals surface area contributed by atoms with Crippen molar-refractivity contribution in [2.75, 3.05) is 6.61 Å². The molecule has 1 amide bonds. The van der Waals surface area contributed by atoms with E-state index < -0.39 is 25.3 Å². The van der Waals surface area contributed by atoms with Crippen LogP contribution in [0.2, 0.25) is 0 Å². The molecule has 0 unspecified atom stereocenters. The molecule has 2 heterocycles. The fourth-order valence-corrected chi connectivity index (χ4v) is 4.83. The highest BCUT2D eigenvalue weighted by atomic mass is 35.7. The van der Waals surface area contributed by atoms with Crippen LogP contribution in [-0.4, -0.2) is 35.2 Å². The zero-order valence-electron chi connectivity index (χ0n) is 17.5. The second-order valence-corrected chi connectivity index (χ2v) is 10.8. The van der Waals surface area contributed by atoms with E-state index in [0.717, 1.165) is 5.56 Å². The standard InChI is InChI=1S/C22H19ClN4O5S/c1-27-18-16(6-9-25-20(18)32-13-22(7-8-22)33(23,30)31)10-17(21(27)29)19(28)26-12-15-4-2-14(11-24)3-5-15/h2-6,9-10H,7-8,12-13H2,1H3,(H,26,28). The van der Waals surface area contributed by atoms with Gasteiger partial charge in [-0.15, -0.1) is 0 Å². The van der Waals surface area contributed by atoms with Gasteiger partial charge in [0.2, 0.25) is 14.9 Å². The number of pyridine rings is 2. The fraction of sp³-hybridized carbons (Fsp3) is 0.273. The van der Waals surface area contributed by atoms with Crippen LogP contribution in [0.3, 0.4) is 0 Å². The number of rotatable bonds is 7. The zero-order valence-corrected chi connectivity index (χ0v) is 19.1. The number of benzene rings is 1. The van der Waals surface area contributed by atoms with Gasteiger partial charge in [0.05, 0.1) is 11.6 Å². The number of ether oxygens (including phenoxy) is 1. The van der Waals surface area contributed by atoms with E-state index in [1.165, 1.54) is 23.9 Å². The number of fused-ring (bicyclic) bond motifs is 1. The minimum Gasteiger partial charge on any atom is -0.474 e. The van der Waals surface area contributed by atoms with E-state index in [2.05, 4.69) is 10.3 Å². The maximum atomic E-state index is 12.9. The number of halogens is 1. The Morgan fingerprint density at radius 1 is 1.30 bits per heavy atom. The van der Waals surface area contributed by atoms with Crippen LogP contribution in [-0.2, 0) is 22.6 Å². The number of hydrogen-bond acceptors (Lipinski definition) is 7. The summed E-state index contributed by atoms with van der Waals surface area (Å²) in [6.45, 7) is 0.0113. The molecule has 1 aliphatic carbocycles. The summed E-state index contributed by atoms with van der Waals surface area (Å²) in [6.07, 6.45) is 2.24. The highest BCUT2D eigenvalue weighted by Gasteiger charge is 2.55. The van der Waals surface area contributed by atoms with E-state index in [1.54, 1.807) is 30.3 Å². The number of carbonyl (C=O) groups is 1. The first-order valence-electron chi connectivity index (χ1n) is 9.98. The Morgan fingerprint density at radius 3 is 2.61 bits per heavy atom.